The van der Waals surface area contributed by atoms with Gasteiger partial charge in [-0.25, -0.2) is 17.2 Å². The standard InChI is InChI=1S/C23H24ClF2N5O3S/c1-15-10-18(24)17(11-20(15)26)22(32)28-14-23(21-19(25)4-3-7-27-21)5-8-31(9-6-23)35(33,34)16-12-29-30(2)13-16/h3-4,7,10-13H,5-6,8-9,14H2,1-2H3,(H,28,32). The lowest BCUT2D eigenvalue weighted by Gasteiger charge is -2.41. The highest BCUT2D eigenvalue weighted by atomic mass is 35.5. The molecule has 1 aliphatic heterocycles. The van der Waals surface area contributed by atoms with Crippen LogP contribution in [0.5, 0.6) is 0 Å². The Kier molecular flexibility index (Phi) is 6.94. The molecule has 4 rings (SSSR count). The summed E-state index contributed by atoms with van der Waals surface area (Å²) in [5.41, 5.74) is -0.568. The first-order valence-electron chi connectivity index (χ1n) is 10.9. The monoisotopic (exact) mass is 523 g/mol. The second-order valence-electron chi connectivity index (χ2n) is 8.63. The Morgan fingerprint density at radius 3 is 2.57 bits per heavy atom. The van der Waals surface area contributed by atoms with Gasteiger partial charge in [0.1, 0.15) is 16.5 Å². The SMILES string of the molecule is Cc1cc(Cl)c(C(=O)NCC2(c3ncccc3F)CCN(S(=O)(=O)c3cnn(C)c3)CC2)cc1F. The van der Waals surface area contributed by atoms with Crippen LogP contribution in [0.1, 0.15) is 34.5 Å². The maximum Gasteiger partial charge on any atom is 0.252 e. The Hall–Kier alpha value is -2.89. The smallest absolute Gasteiger partial charge is 0.252 e. The molecule has 0 atom stereocenters. The van der Waals surface area contributed by atoms with Crippen molar-refractivity contribution in [3.8, 4) is 0 Å². The summed E-state index contributed by atoms with van der Waals surface area (Å²) in [6, 6.07) is 5.16. The zero-order valence-electron chi connectivity index (χ0n) is 19.1. The minimum atomic E-state index is -3.78. The minimum absolute atomic E-state index is 0.0353. The third-order valence-electron chi connectivity index (χ3n) is 6.34. The molecule has 0 saturated carbocycles. The first kappa shape index (κ1) is 25.2. The van der Waals surface area contributed by atoms with Crippen LogP contribution in [-0.2, 0) is 22.5 Å². The summed E-state index contributed by atoms with van der Waals surface area (Å²) in [7, 11) is -2.16. The van der Waals surface area contributed by atoms with E-state index in [1.165, 1.54) is 52.7 Å². The molecule has 12 heteroatoms. The number of sulfonamides is 1. The largest absolute Gasteiger partial charge is 0.351 e. The van der Waals surface area contributed by atoms with E-state index in [1.54, 1.807) is 7.05 Å². The van der Waals surface area contributed by atoms with Gasteiger partial charge in [0.05, 0.1) is 22.5 Å². The zero-order valence-corrected chi connectivity index (χ0v) is 20.7. The maximum atomic E-state index is 14.8. The number of pyridine rings is 1. The number of piperidine rings is 1. The van der Waals surface area contributed by atoms with Gasteiger partial charge in [0.2, 0.25) is 10.0 Å². The van der Waals surface area contributed by atoms with Crippen LogP contribution in [0.4, 0.5) is 8.78 Å². The molecule has 1 N–H and O–H groups in total. The Morgan fingerprint density at radius 2 is 1.94 bits per heavy atom. The van der Waals surface area contributed by atoms with Gasteiger partial charge in [0.25, 0.3) is 5.91 Å². The number of nitrogens with one attached hydrogen (secondary N) is 1. The molecule has 0 bridgehead atoms. The third-order valence-corrected chi connectivity index (χ3v) is 8.50. The fraction of sp³-hybridized carbons (Fsp3) is 0.348. The average Bonchev–Trinajstić information content (AvgIpc) is 3.27. The molecule has 0 radical (unpaired) electrons. The van der Waals surface area contributed by atoms with Gasteiger partial charge in [-0.05, 0) is 49.6 Å². The quantitative estimate of drug-likeness (QED) is 0.535. The van der Waals surface area contributed by atoms with E-state index in [0.29, 0.717) is 5.56 Å². The van der Waals surface area contributed by atoms with E-state index < -0.39 is 33.0 Å². The first-order chi connectivity index (χ1) is 16.5. The van der Waals surface area contributed by atoms with E-state index in [0.717, 1.165) is 6.07 Å². The van der Waals surface area contributed by atoms with Gasteiger partial charge >= 0.3 is 0 Å². The number of aryl methyl sites for hydroxylation is 2. The molecule has 3 aromatic rings. The molecule has 1 amide bonds. The highest BCUT2D eigenvalue weighted by Crippen LogP contribution is 2.37. The number of carbonyl (C=O) groups excluding carboxylic acids is 1. The maximum absolute atomic E-state index is 14.8. The molecule has 0 spiro atoms. The van der Waals surface area contributed by atoms with E-state index >= 15 is 0 Å². The van der Waals surface area contributed by atoms with Crippen molar-refractivity contribution in [1.82, 2.24) is 24.4 Å². The van der Waals surface area contributed by atoms with Gasteiger partial charge in [-0.1, -0.05) is 11.6 Å². The molecule has 8 nitrogen and oxygen atoms in total. The van der Waals surface area contributed by atoms with Crippen molar-refractivity contribution in [1.29, 1.82) is 0 Å². The van der Waals surface area contributed by atoms with E-state index in [2.05, 4.69) is 15.4 Å². The Balaban J connectivity index is 1.58. The van der Waals surface area contributed by atoms with Crippen molar-refractivity contribution < 1.29 is 22.0 Å². The number of benzene rings is 1. The summed E-state index contributed by atoms with van der Waals surface area (Å²) >= 11 is 6.14. The summed E-state index contributed by atoms with van der Waals surface area (Å²) < 4.78 is 57.6. The van der Waals surface area contributed by atoms with Gasteiger partial charge in [0.15, 0.2) is 0 Å². The van der Waals surface area contributed by atoms with Gasteiger partial charge < -0.3 is 5.32 Å². The highest BCUT2D eigenvalue weighted by molar-refractivity contribution is 7.89. The number of rotatable bonds is 6. The molecule has 0 unspecified atom stereocenters. The van der Waals surface area contributed by atoms with Crippen molar-refractivity contribution in [2.45, 2.75) is 30.1 Å². The number of amides is 1. The normalized spacial score (nSPS) is 16.3. The molecule has 3 heterocycles. The Morgan fingerprint density at radius 1 is 1.23 bits per heavy atom. The molecule has 2 aromatic heterocycles. The average molecular weight is 524 g/mol. The lowest BCUT2D eigenvalue weighted by Crippen LogP contribution is -2.51. The molecule has 35 heavy (non-hydrogen) atoms. The van der Waals surface area contributed by atoms with E-state index in [-0.39, 0.29) is 53.7 Å². The number of hydrogen-bond donors (Lipinski definition) is 1. The molecule has 1 fully saturated rings. The summed E-state index contributed by atoms with van der Waals surface area (Å²) in [5.74, 6) is -1.74. The number of hydrogen-bond acceptors (Lipinski definition) is 5. The fourth-order valence-corrected chi connectivity index (χ4v) is 6.01. The summed E-state index contributed by atoms with van der Waals surface area (Å²) in [4.78, 5) is 17.1. The van der Waals surface area contributed by atoms with Crippen LogP contribution < -0.4 is 5.32 Å². The van der Waals surface area contributed by atoms with Crippen molar-refractivity contribution in [3.05, 3.63) is 76.3 Å². The van der Waals surface area contributed by atoms with Crippen molar-refractivity contribution in [2.24, 2.45) is 7.05 Å². The van der Waals surface area contributed by atoms with Crippen LogP contribution in [-0.4, -0.2) is 53.0 Å². The third kappa shape index (κ3) is 4.93. The van der Waals surface area contributed by atoms with Crippen molar-refractivity contribution in [2.75, 3.05) is 19.6 Å². The molecular weight excluding hydrogens is 500 g/mol. The lowest BCUT2D eigenvalue weighted by molar-refractivity contribution is 0.0930. The lowest BCUT2D eigenvalue weighted by atomic mass is 9.75. The van der Waals surface area contributed by atoms with Crippen LogP contribution in [0.3, 0.4) is 0 Å². The number of aromatic nitrogens is 3. The van der Waals surface area contributed by atoms with Gasteiger partial charge in [-0.3, -0.25) is 14.5 Å². The van der Waals surface area contributed by atoms with Crippen LogP contribution in [0.25, 0.3) is 0 Å². The van der Waals surface area contributed by atoms with Crippen LogP contribution in [0, 0.1) is 18.6 Å². The summed E-state index contributed by atoms with van der Waals surface area (Å²) in [5, 5.41) is 6.76. The van der Waals surface area contributed by atoms with Gasteiger partial charge in [-0.2, -0.15) is 9.40 Å². The predicted octanol–water partition coefficient (Wildman–Crippen LogP) is 3.21. The number of nitrogens with zero attached hydrogens (tertiary/aromatic N) is 4. The minimum Gasteiger partial charge on any atom is -0.351 e. The second kappa shape index (κ2) is 9.63. The molecule has 1 aromatic carbocycles. The number of carbonyl (C=O) groups is 1. The summed E-state index contributed by atoms with van der Waals surface area (Å²) in [6.07, 6.45) is 4.56. The Labute approximate surface area is 207 Å². The van der Waals surface area contributed by atoms with Crippen molar-refractivity contribution >= 4 is 27.5 Å². The number of halogens is 3. The molecule has 186 valence electrons. The fourth-order valence-electron chi connectivity index (χ4n) is 4.27. The first-order valence-corrected chi connectivity index (χ1v) is 12.7. The topological polar surface area (TPSA) is 97.2 Å². The van der Waals surface area contributed by atoms with Crippen LogP contribution in [0.15, 0.2) is 47.8 Å². The molecule has 1 saturated heterocycles. The van der Waals surface area contributed by atoms with Gasteiger partial charge in [0, 0.05) is 44.5 Å². The van der Waals surface area contributed by atoms with E-state index in [1.807, 2.05) is 0 Å². The molecular formula is C23H24ClF2N5O3S. The second-order valence-corrected chi connectivity index (χ2v) is 11.0. The van der Waals surface area contributed by atoms with Crippen LogP contribution in [0.2, 0.25) is 5.02 Å². The van der Waals surface area contributed by atoms with Gasteiger partial charge in [-0.15, -0.1) is 0 Å². The van der Waals surface area contributed by atoms with E-state index in [4.69, 9.17) is 11.6 Å². The Bertz CT molecular complexity index is 1370. The highest BCUT2D eigenvalue weighted by Gasteiger charge is 2.43. The zero-order chi connectivity index (χ0) is 25.4. The summed E-state index contributed by atoms with van der Waals surface area (Å²) in [6.45, 7) is 1.67. The van der Waals surface area contributed by atoms with E-state index in [9.17, 15) is 22.0 Å². The van der Waals surface area contributed by atoms with Crippen molar-refractivity contribution in [3.63, 3.8) is 0 Å². The predicted molar refractivity (Wildman–Crippen MR) is 126 cm³/mol. The van der Waals surface area contributed by atoms with Crippen LogP contribution >= 0.6 is 11.6 Å². The molecule has 0 aliphatic carbocycles. The molecule has 1 aliphatic rings.